The van der Waals surface area contributed by atoms with Crippen molar-refractivity contribution in [2.24, 2.45) is 0 Å². The third kappa shape index (κ3) is 5.19. The number of rotatable bonds is 7. The second-order valence-electron chi connectivity index (χ2n) is 7.03. The molecule has 0 bridgehead atoms. The Kier molecular flexibility index (Phi) is 6.87. The average molecular weight is 420 g/mol. The van der Waals surface area contributed by atoms with Crippen LogP contribution in [0.3, 0.4) is 0 Å². The summed E-state index contributed by atoms with van der Waals surface area (Å²) in [5.41, 5.74) is 1.66. The van der Waals surface area contributed by atoms with Gasteiger partial charge in [-0.3, -0.25) is 4.79 Å². The number of hydrogen-bond acceptors (Lipinski definition) is 6. The molecule has 0 N–H and O–H groups in total. The Bertz CT molecular complexity index is 1130. The minimum atomic E-state index is -0.552. The summed E-state index contributed by atoms with van der Waals surface area (Å²) < 4.78 is 16.9. The van der Waals surface area contributed by atoms with E-state index in [2.05, 4.69) is 23.7 Å². The van der Waals surface area contributed by atoms with Crippen molar-refractivity contribution in [3.8, 4) is 22.9 Å². The van der Waals surface area contributed by atoms with Crippen molar-refractivity contribution < 1.29 is 19.0 Å². The molecule has 1 heterocycles. The van der Waals surface area contributed by atoms with Gasteiger partial charge in [-0.2, -0.15) is 9.78 Å². The van der Waals surface area contributed by atoms with Gasteiger partial charge in [0, 0.05) is 11.6 Å². The smallest absolute Gasteiger partial charge is 0.330 e. The molecule has 0 radical (unpaired) electrons. The Hall–Kier alpha value is -3.87. The second kappa shape index (κ2) is 9.75. The van der Waals surface area contributed by atoms with E-state index in [0.717, 1.165) is 5.56 Å². The van der Waals surface area contributed by atoms with Crippen molar-refractivity contribution in [2.75, 3.05) is 14.2 Å². The molecule has 3 rings (SSSR count). The fourth-order valence-corrected chi connectivity index (χ4v) is 2.84. The summed E-state index contributed by atoms with van der Waals surface area (Å²) >= 11 is 0. The number of ether oxygens (including phenoxy) is 3. The molecule has 7 nitrogen and oxygen atoms in total. The van der Waals surface area contributed by atoms with Gasteiger partial charge in [-0.15, -0.1) is 0 Å². The van der Waals surface area contributed by atoms with Crippen molar-refractivity contribution >= 4 is 12.0 Å². The standard InChI is InChI=1S/C24H24N2O5/c1-16(2)17-5-8-19(9-6-17)26-24(28)23(18(15-25-26)7-14-22(27)30-4)31-21-12-10-20(29-3)11-13-21/h5-16H,1-4H3/b14-7+. The predicted octanol–water partition coefficient (Wildman–Crippen LogP) is 4.34. The Morgan fingerprint density at radius 3 is 2.23 bits per heavy atom. The van der Waals surface area contributed by atoms with Crippen LogP contribution in [0.15, 0.2) is 65.6 Å². The molecule has 0 saturated heterocycles. The summed E-state index contributed by atoms with van der Waals surface area (Å²) in [6, 6.07) is 14.4. The van der Waals surface area contributed by atoms with E-state index < -0.39 is 11.5 Å². The zero-order chi connectivity index (χ0) is 22.4. The highest BCUT2D eigenvalue weighted by Crippen LogP contribution is 2.25. The predicted molar refractivity (Wildman–Crippen MR) is 118 cm³/mol. The Balaban J connectivity index is 2.06. The highest BCUT2D eigenvalue weighted by molar-refractivity contribution is 5.87. The number of carbonyl (C=O) groups is 1. The number of benzene rings is 2. The van der Waals surface area contributed by atoms with Crippen LogP contribution >= 0.6 is 0 Å². The SMILES string of the molecule is COC(=O)/C=C/c1cnn(-c2ccc(C(C)C)cc2)c(=O)c1Oc1ccc(OC)cc1. The van der Waals surface area contributed by atoms with Gasteiger partial charge in [0.2, 0.25) is 5.75 Å². The fraction of sp³-hybridized carbons (Fsp3) is 0.208. The average Bonchev–Trinajstić information content (AvgIpc) is 2.79. The van der Waals surface area contributed by atoms with Crippen molar-refractivity contribution in [1.29, 1.82) is 0 Å². The zero-order valence-corrected chi connectivity index (χ0v) is 17.9. The van der Waals surface area contributed by atoms with Crippen molar-refractivity contribution in [2.45, 2.75) is 19.8 Å². The van der Waals surface area contributed by atoms with E-state index in [1.54, 1.807) is 31.4 Å². The first kappa shape index (κ1) is 21.8. The number of aromatic nitrogens is 2. The topological polar surface area (TPSA) is 79.7 Å². The third-order valence-electron chi connectivity index (χ3n) is 4.64. The monoisotopic (exact) mass is 420 g/mol. The van der Waals surface area contributed by atoms with Crippen LogP contribution < -0.4 is 15.0 Å². The minimum absolute atomic E-state index is 0.0354. The highest BCUT2D eigenvalue weighted by Gasteiger charge is 2.15. The van der Waals surface area contributed by atoms with Crippen LogP contribution in [-0.2, 0) is 9.53 Å². The van der Waals surface area contributed by atoms with Gasteiger partial charge in [0.15, 0.2) is 0 Å². The Morgan fingerprint density at radius 1 is 1.00 bits per heavy atom. The summed E-state index contributed by atoms with van der Waals surface area (Å²) in [7, 11) is 2.84. The van der Waals surface area contributed by atoms with E-state index >= 15 is 0 Å². The van der Waals surface area contributed by atoms with E-state index in [-0.39, 0.29) is 5.75 Å². The van der Waals surface area contributed by atoms with Crippen LogP contribution in [-0.4, -0.2) is 30.0 Å². The second-order valence-corrected chi connectivity index (χ2v) is 7.03. The maximum absolute atomic E-state index is 13.3. The molecule has 0 fully saturated rings. The first-order valence-corrected chi connectivity index (χ1v) is 9.73. The third-order valence-corrected chi connectivity index (χ3v) is 4.64. The molecule has 0 spiro atoms. The largest absolute Gasteiger partial charge is 0.497 e. The summed E-state index contributed by atoms with van der Waals surface area (Å²) in [5.74, 6) is 0.963. The molecule has 1 aromatic heterocycles. The molecule has 0 saturated carbocycles. The van der Waals surface area contributed by atoms with Crippen molar-refractivity contribution in [3.63, 3.8) is 0 Å². The molecular formula is C24H24N2O5. The van der Waals surface area contributed by atoms with Gasteiger partial charge < -0.3 is 14.2 Å². The van der Waals surface area contributed by atoms with E-state index in [1.807, 2.05) is 24.3 Å². The maximum Gasteiger partial charge on any atom is 0.330 e. The number of hydrogen-bond donors (Lipinski definition) is 0. The van der Waals surface area contributed by atoms with Gasteiger partial charge >= 0.3 is 11.5 Å². The molecule has 2 aromatic carbocycles. The minimum Gasteiger partial charge on any atom is -0.497 e. The molecule has 0 aliphatic heterocycles. The first-order valence-electron chi connectivity index (χ1n) is 9.73. The molecule has 0 atom stereocenters. The summed E-state index contributed by atoms with van der Waals surface area (Å²) in [6.45, 7) is 4.20. The van der Waals surface area contributed by atoms with Crippen molar-refractivity contribution in [1.82, 2.24) is 9.78 Å². The molecule has 7 heteroatoms. The van der Waals surface area contributed by atoms with Crippen LogP contribution in [0.4, 0.5) is 0 Å². The van der Waals surface area contributed by atoms with E-state index in [9.17, 15) is 9.59 Å². The van der Waals surface area contributed by atoms with E-state index in [0.29, 0.717) is 28.7 Å². The lowest BCUT2D eigenvalue weighted by Gasteiger charge is -2.12. The lowest BCUT2D eigenvalue weighted by atomic mass is 10.0. The number of nitrogens with zero attached hydrogens (tertiary/aromatic N) is 2. The van der Waals surface area contributed by atoms with E-state index in [4.69, 9.17) is 9.47 Å². The maximum atomic E-state index is 13.3. The summed E-state index contributed by atoms with van der Waals surface area (Å²) in [6.07, 6.45) is 4.11. The molecule has 3 aromatic rings. The quantitative estimate of drug-likeness (QED) is 0.418. The van der Waals surface area contributed by atoms with Crippen LogP contribution in [0.1, 0.15) is 30.9 Å². The van der Waals surface area contributed by atoms with Gasteiger partial charge in [0.25, 0.3) is 0 Å². The summed E-state index contributed by atoms with van der Waals surface area (Å²) in [4.78, 5) is 24.8. The van der Waals surface area contributed by atoms with Crippen LogP contribution in [0, 0.1) is 0 Å². The number of esters is 1. The highest BCUT2D eigenvalue weighted by atomic mass is 16.5. The Labute approximate surface area is 180 Å². The molecular weight excluding hydrogens is 396 g/mol. The number of carbonyl (C=O) groups excluding carboxylic acids is 1. The molecule has 0 aliphatic rings. The van der Waals surface area contributed by atoms with Crippen LogP contribution in [0.25, 0.3) is 11.8 Å². The van der Waals surface area contributed by atoms with Gasteiger partial charge in [-0.1, -0.05) is 26.0 Å². The lowest BCUT2D eigenvalue weighted by molar-refractivity contribution is -0.134. The fourth-order valence-electron chi connectivity index (χ4n) is 2.84. The van der Waals surface area contributed by atoms with Gasteiger partial charge in [-0.25, -0.2) is 4.79 Å². The van der Waals surface area contributed by atoms with Crippen LogP contribution in [0.5, 0.6) is 17.2 Å². The number of methoxy groups -OCH3 is 2. The molecule has 0 aliphatic carbocycles. The molecule has 31 heavy (non-hydrogen) atoms. The van der Waals surface area contributed by atoms with Gasteiger partial charge in [-0.05, 0) is 54.0 Å². The van der Waals surface area contributed by atoms with Gasteiger partial charge in [0.05, 0.1) is 26.1 Å². The van der Waals surface area contributed by atoms with Crippen LogP contribution in [0.2, 0.25) is 0 Å². The van der Waals surface area contributed by atoms with E-state index in [1.165, 1.54) is 30.1 Å². The van der Waals surface area contributed by atoms with Crippen molar-refractivity contribution in [3.05, 3.63) is 82.3 Å². The zero-order valence-electron chi connectivity index (χ0n) is 17.9. The van der Waals surface area contributed by atoms with Gasteiger partial charge in [0.1, 0.15) is 11.5 Å². The molecule has 0 unspecified atom stereocenters. The summed E-state index contributed by atoms with van der Waals surface area (Å²) in [5, 5.41) is 4.26. The molecule has 0 amide bonds. The Morgan fingerprint density at radius 2 is 1.65 bits per heavy atom. The molecule has 160 valence electrons. The first-order chi connectivity index (χ1) is 14.9. The lowest BCUT2D eigenvalue weighted by Crippen LogP contribution is -2.23. The normalized spacial score (nSPS) is 11.0.